The van der Waals surface area contributed by atoms with E-state index in [0.29, 0.717) is 40.1 Å². The highest BCUT2D eigenvalue weighted by atomic mass is 16.5. The third-order valence-electron chi connectivity index (χ3n) is 5.15. The van der Waals surface area contributed by atoms with Gasteiger partial charge in [0.25, 0.3) is 11.5 Å². The average Bonchev–Trinajstić information content (AvgIpc) is 2.83. The lowest BCUT2D eigenvalue weighted by atomic mass is 10.1. The summed E-state index contributed by atoms with van der Waals surface area (Å²) in [5.74, 6) is 1.12. The topological polar surface area (TPSA) is 69.6 Å². The van der Waals surface area contributed by atoms with E-state index in [0.717, 1.165) is 5.56 Å². The first-order chi connectivity index (χ1) is 15.1. The zero-order chi connectivity index (χ0) is 21.8. The van der Waals surface area contributed by atoms with E-state index >= 15 is 0 Å². The highest BCUT2D eigenvalue weighted by Crippen LogP contribution is 2.21. The number of hydrogen-bond donors (Lipinski definition) is 1. The van der Waals surface area contributed by atoms with Crippen LogP contribution < -0.4 is 20.3 Å². The van der Waals surface area contributed by atoms with Crippen molar-refractivity contribution >= 4 is 16.7 Å². The Balaban J connectivity index is 1.75. The first-order valence-corrected chi connectivity index (χ1v) is 9.81. The van der Waals surface area contributed by atoms with Crippen molar-refractivity contribution in [2.45, 2.75) is 6.54 Å². The van der Waals surface area contributed by atoms with Gasteiger partial charge in [-0.15, -0.1) is 0 Å². The number of carbonyl (C=O) groups excluding carboxylic acids is 1. The standard InChI is InChI=1S/C25H22N2O4/c1-30-19-13-11-18(12-14-19)27-16-22(20-8-4-5-9-21(20)25(27)29)24(28)26-15-17-7-3-6-10-23(17)31-2/h3-14,16H,15H2,1-2H3,(H,26,28). The Morgan fingerprint density at radius 1 is 0.871 bits per heavy atom. The van der Waals surface area contributed by atoms with Gasteiger partial charge in [-0.2, -0.15) is 0 Å². The summed E-state index contributed by atoms with van der Waals surface area (Å²) in [5, 5.41) is 4.03. The van der Waals surface area contributed by atoms with E-state index in [1.54, 1.807) is 62.9 Å². The fourth-order valence-electron chi connectivity index (χ4n) is 3.53. The molecule has 0 saturated heterocycles. The minimum atomic E-state index is -0.274. The molecule has 4 rings (SSSR count). The molecule has 0 atom stereocenters. The van der Waals surface area contributed by atoms with Gasteiger partial charge in [0.15, 0.2) is 0 Å². The van der Waals surface area contributed by atoms with Gasteiger partial charge in [0.1, 0.15) is 11.5 Å². The van der Waals surface area contributed by atoms with Crippen molar-refractivity contribution < 1.29 is 14.3 Å². The van der Waals surface area contributed by atoms with Crippen LogP contribution in [0.15, 0.2) is 83.8 Å². The normalized spacial score (nSPS) is 10.6. The first-order valence-electron chi connectivity index (χ1n) is 9.81. The Bertz CT molecular complexity index is 1290. The van der Waals surface area contributed by atoms with Gasteiger partial charge in [-0.3, -0.25) is 14.2 Å². The van der Waals surface area contributed by atoms with Gasteiger partial charge in [0, 0.05) is 34.8 Å². The molecular formula is C25H22N2O4. The van der Waals surface area contributed by atoms with Gasteiger partial charge >= 0.3 is 0 Å². The fraction of sp³-hybridized carbons (Fsp3) is 0.120. The molecule has 6 nitrogen and oxygen atoms in total. The van der Waals surface area contributed by atoms with E-state index in [4.69, 9.17) is 9.47 Å². The van der Waals surface area contributed by atoms with Crippen LogP contribution in [0.25, 0.3) is 16.5 Å². The number of carbonyl (C=O) groups is 1. The SMILES string of the molecule is COc1ccc(-n2cc(C(=O)NCc3ccccc3OC)c3ccccc3c2=O)cc1. The zero-order valence-corrected chi connectivity index (χ0v) is 17.3. The van der Waals surface area contributed by atoms with Crippen LogP contribution >= 0.6 is 0 Å². The number of para-hydroxylation sites is 1. The number of ether oxygens (including phenoxy) is 2. The van der Waals surface area contributed by atoms with Crippen LogP contribution in [0.5, 0.6) is 11.5 Å². The molecular weight excluding hydrogens is 392 g/mol. The maximum Gasteiger partial charge on any atom is 0.262 e. The van der Waals surface area contributed by atoms with Crippen molar-refractivity contribution in [1.29, 1.82) is 0 Å². The van der Waals surface area contributed by atoms with E-state index in [2.05, 4.69) is 5.32 Å². The summed E-state index contributed by atoms with van der Waals surface area (Å²) in [4.78, 5) is 26.2. The summed E-state index contributed by atoms with van der Waals surface area (Å²) < 4.78 is 12.0. The maximum absolute atomic E-state index is 13.1. The van der Waals surface area contributed by atoms with E-state index in [1.807, 2.05) is 30.3 Å². The summed E-state index contributed by atoms with van der Waals surface area (Å²) in [6.07, 6.45) is 1.59. The zero-order valence-electron chi connectivity index (χ0n) is 17.3. The molecule has 0 fully saturated rings. The number of nitrogens with zero attached hydrogens (tertiary/aromatic N) is 1. The number of methoxy groups -OCH3 is 2. The quantitative estimate of drug-likeness (QED) is 0.519. The third-order valence-corrected chi connectivity index (χ3v) is 5.15. The third kappa shape index (κ3) is 4.00. The van der Waals surface area contributed by atoms with Crippen LogP contribution in [0.3, 0.4) is 0 Å². The molecule has 0 aliphatic heterocycles. The monoisotopic (exact) mass is 414 g/mol. The molecule has 1 aromatic heterocycles. The van der Waals surface area contributed by atoms with E-state index in [-0.39, 0.29) is 11.5 Å². The number of hydrogen-bond acceptors (Lipinski definition) is 4. The molecule has 1 N–H and O–H groups in total. The number of aromatic nitrogens is 1. The minimum absolute atomic E-state index is 0.193. The second-order valence-corrected chi connectivity index (χ2v) is 6.96. The first kappa shape index (κ1) is 20.2. The van der Waals surface area contributed by atoms with Crippen molar-refractivity contribution in [2.75, 3.05) is 14.2 Å². The summed E-state index contributed by atoms with van der Waals surface area (Å²) in [5.41, 5.74) is 1.74. The molecule has 0 spiro atoms. The van der Waals surface area contributed by atoms with Crippen LogP contribution in [-0.4, -0.2) is 24.7 Å². The maximum atomic E-state index is 13.1. The molecule has 0 aliphatic rings. The fourth-order valence-corrected chi connectivity index (χ4v) is 3.53. The molecule has 4 aromatic rings. The highest BCUT2D eigenvalue weighted by molar-refractivity contribution is 6.06. The van der Waals surface area contributed by atoms with E-state index in [9.17, 15) is 9.59 Å². The lowest BCUT2D eigenvalue weighted by molar-refractivity contribution is 0.0952. The lowest BCUT2D eigenvalue weighted by Gasteiger charge is -2.14. The van der Waals surface area contributed by atoms with Crippen molar-refractivity contribution in [1.82, 2.24) is 9.88 Å². The molecule has 31 heavy (non-hydrogen) atoms. The molecule has 1 heterocycles. The molecule has 0 radical (unpaired) electrons. The molecule has 156 valence electrons. The van der Waals surface area contributed by atoms with Crippen LogP contribution in [0.2, 0.25) is 0 Å². The van der Waals surface area contributed by atoms with Crippen molar-refractivity contribution in [3.8, 4) is 17.2 Å². The summed E-state index contributed by atoms with van der Waals surface area (Å²) in [6, 6.07) is 21.8. The van der Waals surface area contributed by atoms with Crippen molar-refractivity contribution in [3.05, 3.63) is 100 Å². The Kier molecular flexibility index (Phi) is 5.71. The number of rotatable bonds is 6. The number of benzene rings is 3. The largest absolute Gasteiger partial charge is 0.497 e. The Hall–Kier alpha value is -4.06. The van der Waals surface area contributed by atoms with Gasteiger partial charge in [0.05, 0.1) is 19.8 Å². The van der Waals surface area contributed by atoms with E-state index in [1.165, 1.54) is 4.57 Å². The minimum Gasteiger partial charge on any atom is -0.497 e. The smallest absolute Gasteiger partial charge is 0.262 e. The van der Waals surface area contributed by atoms with Crippen LogP contribution in [0, 0.1) is 0 Å². The highest BCUT2D eigenvalue weighted by Gasteiger charge is 2.16. The summed E-state index contributed by atoms with van der Waals surface area (Å²) >= 11 is 0. The number of amides is 1. The second kappa shape index (κ2) is 8.75. The molecule has 0 unspecified atom stereocenters. The van der Waals surface area contributed by atoms with Crippen LogP contribution in [0.1, 0.15) is 15.9 Å². The van der Waals surface area contributed by atoms with E-state index < -0.39 is 0 Å². The van der Waals surface area contributed by atoms with Gasteiger partial charge in [-0.05, 0) is 36.4 Å². The predicted octanol–water partition coefficient (Wildman–Crippen LogP) is 3.94. The number of pyridine rings is 1. The summed E-state index contributed by atoms with van der Waals surface area (Å²) in [6.45, 7) is 0.304. The van der Waals surface area contributed by atoms with Crippen molar-refractivity contribution in [3.63, 3.8) is 0 Å². The summed E-state index contributed by atoms with van der Waals surface area (Å²) in [7, 11) is 3.18. The number of fused-ring (bicyclic) bond motifs is 1. The van der Waals surface area contributed by atoms with Crippen molar-refractivity contribution in [2.24, 2.45) is 0 Å². The predicted molar refractivity (Wildman–Crippen MR) is 120 cm³/mol. The van der Waals surface area contributed by atoms with Gasteiger partial charge < -0.3 is 14.8 Å². The molecule has 0 aliphatic carbocycles. The molecule has 0 saturated carbocycles. The van der Waals surface area contributed by atoms with Crippen LogP contribution in [0.4, 0.5) is 0 Å². The van der Waals surface area contributed by atoms with Gasteiger partial charge in [-0.1, -0.05) is 36.4 Å². The molecule has 3 aromatic carbocycles. The lowest BCUT2D eigenvalue weighted by Crippen LogP contribution is -2.27. The molecule has 1 amide bonds. The van der Waals surface area contributed by atoms with Gasteiger partial charge in [-0.25, -0.2) is 0 Å². The molecule has 6 heteroatoms. The number of nitrogens with one attached hydrogen (secondary N) is 1. The molecule has 0 bridgehead atoms. The Morgan fingerprint density at radius 2 is 1.55 bits per heavy atom. The Morgan fingerprint density at radius 3 is 2.26 bits per heavy atom. The van der Waals surface area contributed by atoms with Crippen LogP contribution in [-0.2, 0) is 6.54 Å². The Labute approximate surface area is 179 Å². The van der Waals surface area contributed by atoms with Gasteiger partial charge in [0.2, 0.25) is 0 Å². The second-order valence-electron chi connectivity index (χ2n) is 6.96. The average molecular weight is 414 g/mol.